The Morgan fingerprint density at radius 1 is 1.27 bits per heavy atom. The van der Waals surface area contributed by atoms with Crippen LogP contribution in [0.3, 0.4) is 0 Å². The minimum Gasteiger partial charge on any atom is -0.479 e. The number of hydrogen-bond donors (Lipinski definition) is 3. The lowest BCUT2D eigenvalue weighted by Gasteiger charge is -2.15. The normalized spacial score (nSPS) is 10.5. The molecule has 7 nitrogen and oxygen atoms in total. The zero-order valence-electron chi connectivity index (χ0n) is 13.1. The second kappa shape index (κ2) is 8.52. The minimum absolute atomic E-state index is 0.203. The van der Waals surface area contributed by atoms with Gasteiger partial charge < -0.3 is 10.4 Å². The van der Waals surface area contributed by atoms with E-state index in [1.807, 2.05) is 5.48 Å². The second-order valence-electron chi connectivity index (χ2n) is 4.97. The number of anilines is 2. The molecule has 0 radical (unpaired) electrons. The van der Waals surface area contributed by atoms with E-state index >= 15 is 0 Å². The Bertz CT molecular complexity index is 880. The van der Waals surface area contributed by atoms with E-state index < -0.39 is 35.8 Å². The number of nitrogens with one attached hydrogen (secondary N) is 2. The molecule has 0 bridgehead atoms. The number of hydroxylamine groups is 1. The van der Waals surface area contributed by atoms with Crippen molar-refractivity contribution in [3.63, 3.8) is 0 Å². The molecule has 0 fully saturated rings. The van der Waals surface area contributed by atoms with Crippen LogP contribution in [0, 0.1) is 18.6 Å². The topological polar surface area (TPSA) is 101 Å². The lowest BCUT2D eigenvalue weighted by molar-refractivity contribution is -0.144. The molecule has 11 heteroatoms. The van der Waals surface area contributed by atoms with E-state index in [1.165, 1.54) is 6.20 Å². The monoisotopic (exact) mass is 493 g/mol. The van der Waals surface area contributed by atoms with Gasteiger partial charge in [-0.3, -0.25) is 9.63 Å². The van der Waals surface area contributed by atoms with Crippen LogP contribution in [0.4, 0.5) is 20.3 Å². The highest BCUT2D eigenvalue weighted by Crippen LogP contribution is 2.32. The quantitative estimate of drug-likeness (QED) is 0.418. The molecule has 1 amide bonds. The predicted molar refractivity (Wildman–Crippen MR) is 95.1 cm³/mol. The van der Waals surface area contributed by atoms with Crippen LogP contribution in [0.5, 0.6) is 0 Å². The van der Waals surface area contributed by atoms with Crippen LogP contribution in [0.1, 0.15) is 15.9 Å². The Hall–Kier alpha value is -2.11. The van der Waals surface area contributed by atoms with E-state index in [1.54, 1.807) is 13.0 Å². The van der Waals surface area contributed by atoms with Gasteiger partial charge in [-0.15, -0.1) is 0 Å². The standard InChI is InChI=1S/C15H11Br2F2N3O4/c1-6-2-7(16)4-20-14(6)21-13-8(3-9(17)11(18)12(13)19)15(25)22-26-5-10(23)24/h2-4H,5H2,1H3,(H,20,21)(H,22,25)(H,23,24). The van der Waals surface area contributed by atoms with Crippen LogP contribution < -0.4 is 10.8 Å². The number of pyridine rings is 1. The van der Waals surface area contributed by atoms with Crippen LogP contribution in [-0.2, 0) is 9.63 Å². The second-order valence-corrected chi connectivity index (χ2v) is 6.74. The summed E-state index contributed by atoms with van der Waals surface area (Å²) in [7, 11) is 0. The molecule has 0 spiro atoms. The van der Waals surface area contributed by atoms with Crippen molar-refractivity contribution in [2.75, 3.05) is 11.9 Å². The lowest BCUT2D eigenvalue weighted by atomic mass is 10.1. The average Bonchev–Trinajstić information content (AvgIpc) is 2.56. The summed E-state index contributed by atoms with van der Waals surface area (Å²) in [6, 6.07) is 2.73. The Balaban J connectivity index is 2.41. The number of carbonyl (C=O) groups is 2. The Morgan fingerprint density at radius 2 is 1.96 bits per heavy atom. The predicted octanol–water partition coefficient (Wildman–Crippen LogP) is 3.68. The third kappa shape index (κ3) is 4.74. The first-order valence-electron chi connectivity index (χ1n) is 6.91. The number of aliphatic carboxylic acids is 1. The molecule has 0 saturated heterocycles. The largest absolute Gasteiger partial charge is 0.479 e. The molecule has 26 heavy (non-hydrogen) atoms. The summed E-state index contributed by atoms with van der Waals surface area (Å²) in [5.41, 5.74) is 1.68. The summed E-state index contributed by atoms with van der Waals surface area (Å²) in [6.07, 6.45) is 1.44. The van der Waals surface area contributed by atoms with Gasteiger partial charge in [0, 0.05) is 10.7 Å². The first-order valence-corrected chi connectivity index (χ1v) is 8.50. The molecule has 0 aliphatic heterocycles. The summed E-state index contributed by atoms with van der Waals surface area (Å²) < 4.78 is 28.7. The summed E-state index contributed by atoms with van der Waals surface area (Å²) in [5, 5.41) is 11.1. The van der Waals surface area contributed by atoms with Crippen LogP contribution in [-0.4, -0.2) is 28.6 Å². The molecule has 0 unspecified atom stereocenters. The molecule has 0 aliphatic carbocycles. The third-order valence-electron chi connectivity index (χ3n) is 3.06. The lowest BCUT2D eigenvalue weighted by Crippen LogP contribution is -2.27. The van der Waals surface area contributed by atoms with Crippen LogP contribution in [0.25, 0.3) is 0 Å². The van der Waals surface area contributed by atoms with Crippen molar-refractivity contribution in [2.45, 2.75) is 6.92 Å². The maximum atomic E-state index is 14.4. The van der Waals surface area contributed by atoms with E-state index in [4.69, 9.17) is 5.11 Å². The zero-order valence-corrected chi connectivity index (χ0v) is 16.2. The van der Waals surface area contributed by atoms with E-state index in [0.29, 0.717) is 10.0 Å². The zero-order chi connectivity index (χ0) is 19.4. The SMILES string of the molecule is Cc1cc(Br)cnc1Nc1c(C(=O)NOCC(=O)O)cc(Br)c(F)c1F. The van der Waals surface area contributed by atoms with Crippen molar-refractivity contribution in [3.05, 3.63) is 50.0 Å². The van der Waals surface area contributed by atoms with Gasteiger partial charge in [0.05, 0.1) is 15.7 Å². The number of carbonyl (C=O) groups excluding carboxylic acids is 1. The van der Waals surface area contributed by atoms with Crippen molar-refractivity contribution >= 4 is 55.2 Å². The highest BCUT2D eigenvalue weighted by molar-refractivity contribution is 9.10. The molecular formula is C15H11Br2F2N3O4. The first kappa shape index (κ1) is 20.2. The fourth-order valence-electron chi connectivity index (χ4n) is 1.90. The fraction of sp³-hybridized carbons (Fsp3) is 0.133. The van der Waals surface area contributed by atoms with Gasteiger partial charge in [0.25, 0.3) is 5.91 Å². The number of nitrogens with zero attached hydrogens (tertiary/aromatic N) is 1. The number of halogens is 4. The number of amides is 1. The number of carboxylic acid groups (broad SMARTS) is 1. The molecule has 2 aromatic rings. The van der Waals surface area contributed by atoms with Crippen LogP contribution in [0.15, 0.2) is 27.3 Å². The van der Waals surface area contributed by atoms with Gasteiger partial charge in [-0.2, -0.15) is 0 Å². The molecular weight excluding hydrogens is 484 g/mol. The van der Waals surface area contributed by atoms with Crippen LogP contribution in [0.2, 0.25) is 0 Å². The van der Waals surface area contributed by atoms with E-state index in [9.17, 15) is 18.4 Å². The molecule has 3 N–H and O–H groups in total. The van der Waals surface area contributed by atoms with E-state index in [2.05, 4.69) is 47.0 Å². The molecule has 0 aliphatic rings. The van der Waals surface area contributed by atoms with Gasteiger partial charge >= 0.3 is 5.97 Å². The number of benzene rings is 1. The Kier molecular flexibility index (Phi) is 6.62. The number of rotatable bonds is 6. The fourth-order valence-corrected chi connectivity index (χ4v) is 2.75. The molecule has 2 rings (SSSR count). The van der Waals surface area contributed by atoms with Gasteiger partial charge in [-0.1, -0.05) is 0 Å². The van der Waals surface area contributed by atoms with E-state index in [-0.39, 0.29) is 15.9 Å². The number of hydrogen-bond acceptors (Lipinski definition) is 5. The highest BCUT2D eigenvalue weighted by Gasteiger charge is 2.23. The molecule has 0 saturated carbocycles. The van der Waals surface area contributed by atoms with Gasteiger partial charge in [-0.05, 0) is 56.5 Å². The van der Waals surface area contributed by atoms with Gasteiger partial charge in [0.15, 0.2) is 18.2 Å². The maximum Gasteiger partial charge on any atom is 0.332 e. The minimum atomic E-state index is -1.31. The van der Waals surface area contributed by atoms with Gasteiger partial charge in [0.2, 0.25) is 0 Å². The molecule has 1 aromatic carbocycles. The summed E-state index contributed by atoms with van der Waals surface area (Å²) in [6.45, 7) is 0.885. The summed E-state index contributed by atoms with van der Waals surface area (Å²) in [5.74, 6) is -4.60. The van der Waals surface area contributed by atoms with Gasteiger partial charge in [-0.25, -0.2) is 24.0 Å². The molecule has 1 heterocycles. The number of carboxylic acids is 1. The van der Waals surface area contributed by atoms with Crippen molar-refractivity contribution in [2.24, 2.45) is 0 Å². The maximum absolute atomic E-state index is 14.4. The molecule has 0 atom stereocenters. The number of aryl methyl sites for hydroxylation is 1. The third-order valence-corrected chi connectivity index (χ3v) is 4.07. The summed E-state index contributed by atoms with van der Waals surface area (Å²) in [4.78, 5) is 31.1. The highest BCUT2D eigenvalue weighted by atomic mass is 79.9. The van der Waals surface area contributed by atoms with Crippen molar-refractivity contribution in [1.29, 1.82) is 0 Å². The smallest absolute Gasteiger partial charge is 0.332 e. The van der Waals surface area contributed by atoms with Crippen molar-refractivity contribution in [1.82, 2.24) is 10.5 Å². The van der Waals surface area contributed by atoms with Crippen molar-refractivity contribution < 1.29 is 28.3 Å². The molecule has 138 valence electrons. The van der Waals surface area contributed by atoms with Crippen molar-refractivity contribution in [3.8, 4) is 0 Å². The van der Waals surface area contributed by atoms with Gasteiger partial charge in [0.1, 0.15) is 5.82 Å². The number of aromatic nitrogens is 1. The van der Waals surface area contributed by atoms with Crippen LogP contribution >= 0.6 is 31.9 Å². The first-order chi connectivity index (χ1) is 12.2. The van der Waals surface area contributed by atoms with E-state index in [0.717, 1.165) is 6.07 Å². The molecule has 1 aromatic heterocycles. The average molecular weight is 495 g/mol. The summed E-state index contributed by atoms with van der Waals surface area (Å²) >= 11 is 6.06. The Labute approximate surface area is 163 Å². The Morgan fingerprint density at radius 3 is 2.58 bits per heavy atom.